The van der Waals surface area contributed by atoms with Crippen LogP contribution in [0.25, 0.3) is 0 Å². The monoisotopic (exact) mass is 477 g/mol. The van der Waals surface area contributed by atoms with Gasteiger partial charge in [0.15, 0.2) is 5.78 Å². The molecule has 1 aliphatic rings. The summed E-state index contributed by atoms with van der Waals surface area (Å²) in [4.78, 5) is 36.5. The van der Waals surface area contributed by atoms with Crippen molar-refractivity contribution < 1.29 is 22.8 Å². The van der Waals surface area contributed by atoms with E-state index in [0.29, 0.717) is 34.5 Å². The van der Waals surface area contributed by atoms with Gasteiger partial charge in [-0.1, -0.05) is 42.5 Å². The first-order valence-electron chi connectivity index (χ1n) is 10.6. The third-order valence-corrected chi connectivity index (χ3v) is 6.91. The van der Waals surface area contributed by atoms with Gasteiger partial charge in [-0.2, -0.15) is 4.72 Å². The number of hydrogen-bond acceptors (Lipinski definition) is 5. The third-order valence-electron chi connectivity index (χ3n) is 5.49. The highest BCUT2D eigenvalue weighted by Crippen LogP contribution is 2.27. The number of nitrogens with one attached hydrogen (secondary N) is 3. The molecule has 1 aliphatic heterocycles. The van der Waals surface area contributed by atoms with Crippen LogP contribution in [-0.4, -0.2) is 26.0 Å². The molecular formula is C25H23N3O5S. The molecule has 0 aromatic heterocycles. The summed E-state index contributed by atoms with van der Waals surface area (Å²) in [6.07, 6.45) is 0.706. The molecule has 3 N–H and O–H groups in total. The highest BCUT2D eigenvalue weighted by atomic mass is 32.2. The van der Waals surface area contributed by atoms with Gasteiger partial charge in [0.25, 0.3) is 0 Å². The summed E-state index contributed by atoms with van der Waals surface area (Å²) in [6.45, 7) is 1.42. The summed E-state index contributed by atoms with van der Waals surface area (Å²) in [7, 11) is -4.09. The van der Waals surface area contributed by atoms with Crippen molar-refractivity contribution in [3.05, 3.63) is 89.5 Å². The Labute approximate surface area is 197 Å². The molecule has 8 nitrogen and oxygen atoms in total. The number of hydrogen-bond donors (Lipinski definition) is 3. The molecule has 34 heavy (non-hydrogen) atoms. The highest BCUT2D eigenvalue weighted by molar-refractivity contribution is 7.89. The van der Waals surface area contributed by atoms with Crippen molar-refractivity contribution in [2.45, 2.75) is 30.7 Å². The maximum Gasteiger partial charge on any atom is 0.247 e. The Hall–Kier alpha value is -3.82. The van der Waals surface area contributed by atoms with Gasteiger partial charge < -0.3 is 10.6 Å². The van der Waals surface area contributed by atoms with Crippen molar-refractivity contribution in [3.8, 4) is 0 Å². The Bertz CT molecular complexity index is 1370. The van der Waals surface area contributed by atoms with Crippen molar-refractivity contribution in [1.82, 2.24) is 4.72 Å². The number of aryl methyl sites for hydroxylation is 1. The smallest absolute Gasteiger partial charge is 0.247 e. The van der Waals surface area contributed by atoms with Crippen LogP contribution in [0.5, 0.6) is 0 Å². The molecule has 0 spiro atoms. The van der Waals surface area contributed by atoms with E-state index < -0.39 is 22.0 Å². The highest BCUT2D eigenvalue weighted by Gasteiger charge is 2.28. The molecule has 0 bridgehead atoms. The number of carbonyl (C=O) groups excluding carboxylic acids is 3. The summed E-state index contributed by atoms with van der Waals surface area (Å²) in [5.41, 5.74) is 2.55. The number of carbonyl (C=O) groups is 3. The van der Waals surface area contributed by atoms with E-state index >= 15 is 0 Å². The van der Waals surface area contributed by atoms with E-state index in [1.807, 2.05) is 0 Å². The van der Waals surface area contributed by atoms with Crippen molar-refractivity contribution >= 4 is 39.0 Å². The minimum Gasteiger partial charge on any atom is -0.326 e. The summed E-state index contributed by atoms with van der Waals surface area (Å²) in [6, 6.07) is 18.2. The zero-order valence-corrected chi connectivity index (χ0v) is 19.2. The van der Waals surface area contributed by atoms with E-state index in [1.165, 1.54) is 25.1 Å². The maximum absolute atomic E-state index is 13.2. The van der Waals surface area contributed by atoms with Crippen LogP contribution in [0.2, 0.25) is 0 Å². The maximum atomic E-state index is 13.2. The number of sulfonamides is 1. The summed E-state index contributed by atoms with van der Waals surface area (Å²) < 4.78 is 29.0. The second-order valence-corrected chi connectivity index (χ2v) is 9.67. The average Bonchev–Trinajstić information content (AvgIpc) is 2.82. The fourth-order valence-electron chi connectivity index (χ4n) is 3.70. The number of ketones is 1. The second kappa shape index (κ2) is 9.58. The Morgan fingerprint density at radius 2 is 1.71 bits per heavy atom. The lowest BCUT2D eigenvalue weighted by Crippen LogP contribution is -2.37. The molecule has 174 valence electrons. The standard InChI is InChI=1S/C25H23N3O5S/c1-16(29)18-8-5-9-20(14-18)26-25(31)24(17-6-3-2-4-7-17)28-34(32,33)21-11-12-22-19(15-21)10-13-23(30)27-22/h2-9,11-12,14-15,24,28H,10,13H2,1H3,(H,26,31)(H,27,30). The van der Waals surface area contributed by atoms with Gasteiger partial charge in [-0.15, -0.1) is 0 Å². The SMILES string of the molecule is CC(=O)c1cccc(NC(=O)C(NS(=O)(=O)c2ccc3c(c2)CCC(=O)N3)c2ccccc2)c1. The molecule has 3 aromatic rings. The van der Waals surface area contributed by atoms with E-state index in [2.05, 4.69) is 15.4 Å². The van der Waals surface area contributed by atoms with Gasteiger partial charge in [-0.3, -0.25) is 14.4 Å². The molecule has 0 fully saturated rings. The molecule has 0 saturated carbocycles. The molecule has 4 rings (SSSR count). The number of amides is 2. The lowest BCUT2D eigenvalue weighted by atomic mass is 10.0. The number of benzene rings is 3. The lowest BCUT2D eigenvalue weighted by molar-refractivity contribution is -0.118. The number of fused-ring (bicyclic) bond motifs is 1. The molecule has 0 saturated heterocycles. The zero-order chi connectivity index (χ0) is 24.3. The van der Waals surface area contributed by atoms with Crippen molar-refractivity contribution in [3.63, 3.8) is 0 Å². The number of rotatable bonds is 7. The van der Waals surface area contributed by atoms with Crippen LogP contribution >= 0.6 is 0 Å². The lowest BCUT2D eigenvalue weighted by Gasteiger charge is -2.21. The van der Waals surface area contributed by atoms with Crippen molar-refractivity contribution in [2.75, 3.05) is 10.6 Å². The predicted molar refractivity (Wildman–Crippen MR) is 128 cm³/mol. The van der Waals surface area contributed by atoms with Crippen molar-refractivity contribution in [1.29, 1.82) is 0 Å². The van der Waals surface area contributed by atoms with Gasteiger partial charge in [-0.25, -0.2) is 8.42 Å². The Morgan fingerprint density at radius 1 is 0.941 bits per heavy atom. The van der Waals surface area contributed by atoms with Crippen LogP contribution < -0.4 is 15.4 Å². The Morgan fingerprint density at radius 3 is 2.44 bits per heavy atom. The Kier molecular flexibility index (Phi) is 6.58. The van der Waals surface area contributed by atoms with E-state index in [1.54, 1.807) is 54.6 Å². The molecule has 9 heteroatoms. The molecule has 1 atom stereocenters. The molecule has 0 aliphatic carbocycles. The summed E-state index contributed by atoms with van der Waals surface area (Å²) >= 11 is 0. The fourth-order valence-corrected chi connectivity index (χ4v) is 4.93. The third kappa shape index (κ3) is 5.22. The van der Waals surface area contributed by atoms with E-state index in [0.717, 1.165) is 0 Å². The topological polar surface area (TPSA) is 121 Å². The van der Waals surface area contributed by atoms with Gasteiger partial charge in [0.2, 0.25) is 21.8 Å². The fraction of sp³-hybridized carbons (Fsp3) is 0.160. The number of Topliss-reactive ketones (excluding diaryl/α,β-unsaturated/α-hetero) is 1. The number of anilines is 2. The van der Waals surface area contributed by atoms with Crippen LogP contribution in [0.4, 0.5) is 11.4 Å². The van der Waals surface area contributed by atoms with Crippen LogP contribution in [0, 0.1) is 0 Å². The van der Waals surface area contributed by atoms with Gasteiger partial charge in [0.1, 0.15) is 6.04 Å². The van der Waals surface area contributed by atoms with E-state index in [4.69, 9.17) is 0 Å². The predicted octanol–water partition coefficient (Wildman–Crippen LogP) is 3.43. The molecule has 1 heterocycles. The molecule has 2 amide bonds. The van der Waals surface area contributed by atoms with E-state index in [9.17, 15) is 22.8 Å². The molecule has 0 radical (unpaired) electrons. The zero-order valence-electron chi connectivity index (χ0n) is 18.4. The van der Waals surface area contributed by atoms with Gasteiger partial charge >= 0.3 is 0 Å². The largest absolute Gasteiger partial charge is 0.326 e. The minimum absolute atomic E-state index is 0.00490. The molecular weight excluding hydrogens is 454 g/mol. The second-order valence-electron chi connectivity index (χ2n) is 7.96. The van der Waals surface area contributed by atoms with Gasteiger partial charge in [-0.05, 0) is 54.8 Å². The van der Waals surface area contributed by atoms with Crippen LogP contribution in [0.3, 0.4) is 0 Å². The first kappa shape index (κ1) is 23.3. The van der Waals surface area contributed by atoms with Crippen molar-refractivity contribution in [2.24, 2.45) is 0 Å². The van der Waals surface area contributed by atoms with Gasteiger partial charge in [0, 0.05) is 23.4 Å². The summed E-state index contributed by atoms with van der Waals surface area (Å²) in [5.74, 6) is -0.864. The molecule has 1 unspecified atom stereocenters. The van der Waals surface area contributed by atoms with Crippen LogP contribution in [-0.2, 0) is 26.0 Å². The van der Waals surface area contributed by atoms with Gasteiger partial charge in [0.05, 0.1) is 4.90 Å². The summed E-state index contributed by atoms with van der Waals surface area (Å²) in [5, 5.41) is 5.42. The average molecular weight is 478 g/mol. The first-order valence-corrected chi connectivity index (χ1v) is 12.1. The van der Waals surface area contributed by atoms with Crippen LogP contribution in [0.1, 0.15) is 40.9 Å². The molecule has 3 aromatic carbocycles. The normalized spacial score (nSPS) is 14.0. The van der Waals surface area contributed by atoms with E-state index in [-0.39, 0.29) is 23.0 Å². The quantitative estimate of drug-likeness (QED) is 0.450. The first-order chi connectivity index (χ1) is 16.2. The minimum atomic E-state index is -4.09. The van der Waals surface area contributed by atoms with Crippen LogP contribution in [0.15, 0.2) is 77.7 Å². The Balaban J connectivity index is 1.63.